The van der Waals surface area contributed by atoms with E-state index >= 15 is 0 Å². The predicted octanol–water partition coefficient (Wildman–Crippen LogP) is -7.50. The number of hydrogen-bond acceptors (Lipinski definition) is 3. The van der Waals surface area contributed by atoms with Crippen molar-refractivity contribution in [2.45, 2.75) is 0 Å². The van der Waals surface area contributed by atoms with Crippen molar-refractivity contribution >= 4 is 7.82 Å². The second-order valence-electron chi connectivity index (χ2n) is 1.05. The molecule has 5 N–H and O–H groups in total. The maximum Gasteiger partial charge on any atom is 1.00 e. The summed E-state index contributed by atoms with van der Waals surface area (Å²) in [6.07, 6.45) is 0. The van der Waals surface area contributed by atoms with E-state index in [1.807, 2.05) is 0 Å². The zero-order valence-corrected chi connectivity index (χ0v) is 11.4. The van der Waals surface area contributed by atoms with E-state index in [4.69, 9.17) is 14.9 Å². The Balaban J connectivity index is -0.0000000245. The normalized spacial score (nSPS) is 8.64. The van der Waals surface area contributed by atoms with Crippen molar-refractivity contribution in [3.05, 3.63) is 0 Å². The minimum atomic E-state index is -4.34. The smallest absolute Gasteiger partial charge is 1.00 e. The van der Waals surface area contributed by atoms with E-state index in [9.17, 15) is 4.57 Å². The molecule has 0 aliphatic rings. The van der Waals surface area contributed by atoms with Gasteiger partial charge in [0.1, 0.15) is 0 Å². The van der Waals surface area contributed by atoms with E-state index in [0.29, 0.717) is 0 Å². The van der Waals surface area contributed by atoms with Gasteiger partial charge in [-0.15, -0.1) is 0 Å². The Labute approximate surface area is 111 Å². The van der Waals surface area contributed by atoms with Gasteiger partial charge in [-0.05, 0) is 0 Å². The second kappa shape index (κ2) is 12.0. The average Bonchev–Trinajstić information content (AvgIpc) is 1.59. The average molecular weight is 208 g/mol. The van der Waals surface area contributed by atoms with Gasteiger partial charge in [-0.25, -0.2) is 4.57 Å². The minimum absolute atomic E-state index is 0. The fraction of sp³-hybridized carbons (Fsp3) is 1.00. The zero-order valence-electron chi connectivity index (χ0n) is 8.52. The molecule has 0 amide bonds. The van der Waals surface area contributed by atoms with Gasteiger partial charge in [-0.1, -0.05) is 0 Å². The van der Waals surface area contributed by atoms with Crippen molar-refractivity contribution in [2.24, 2.45) is 0 Å². The maximum absolute atomic E-state index is 9.75. The fourth-order valence-corrected chi connectivity index (χ4v) is 0.479. The van der Waals surface area contributed by atoms with E-state index < -0.39 is 7.82 Å². The molecule has 0 fully saturated rings. The number of aliphatic hydroxyl groups is 1. The topological polar surface area (TPSA) is 118 Å². The van der Waals surface area contributed by atoms with E-state index in [1.54, 1.807) is 0 Å². The SMILES string of the molecule is O.O=P(O)(O)OCCO.[H-].[H-].[Na+].[Na+]. The van der Waals surface area contributed by atoms with Gasteiger partial charge in [0.25, 0.3) is 0 Å². The standard InChI is InChI=1S/C2H7O5P.2Na.H2O.2H/c3-1-2-7-8(4,5)6;;;;;/h3H,1-2H2,(H2,4,5,6);;;1H2;;/q;2*+1;;2*-1. The molecule has 0 rings (SSSR count). The Morgan fingerprint density at radius 2 is 1.73 bits per heavy atom. The Kier molecular flexibility index (Phi) is 25.3. The first-order valence-electron chi connectivity index (χ1n) is 1.87. The van der Waals surface area contributed by atoms with Crippen LogP contribution in [-0.2, 0) is 9.09 Å². The third-order valence-electron chi connectivity index (χ3n) is 0.351. The Morgan fingerprint density at radius 3 is 1.82 bits per heavy atom. The van der Waals surface area contributed by atoms with Crippen LogP contribution in [0, 0.1) is 0 Å². The molecule has 0 saturated carbocycles. The van der Waals surface area contributed by atoms with E-state index in [1.165, 1.54) is 0 Å². The molecule has 0 aromatic rings. The minimum Gasteiger partial charge on any atom is -1.00 e. The van der Waals surface area contributed by atoms with Crippen LogP contribution in [0.2, 0.25) is 0 Å². The van der Waals surface area contributed by atoms with Gasteiger partial charge >= 0.3 is 66.9 Å². The molecule has 0 saturated heterocycles. The Hall–Kier alpha value is 2.03. The molecule has 0 aliphatic heterocycles. The van der Waals surface area contributed by atoms with Crippen LogP contribution < -0.4 is 59.1 Å². The van der Waals surface area contributed by atoms with Crippen molar-refractivity contribution < 1.29 is 91.4 Å². The number of hydrogen-bond donors (Lipinski definition) is 3. The van der Waals surface area contributed by atoms with Crippen LogP contribution in [0.25, 0.3) is 0 Å². The third kappa shape index (κ3) is 24.5. The molecule has 0 aromatic carbocycles. The van der Waals surface area contributed by atoms with Crippen molar-refractivity contribution in [1.29, 1.82) is 0 Å². The van der Waals surface area contributed by atoms with E-state index in [2.05, 4.69) is 4.52 Å². The van der Waals surface area contributed by atoms with Crippen LogP contribution in [0.15, 0.2) is 0 Å². The van der Waals surface area contributed by atoms with Crippen molar-refractivity contribution in [2.75, 3.05) is 13.2 Å². The van der Waals surface area contributed by atoms with Crippen LogP contribution in [-0.4, -0.2) is 33.6 Å². The number of aliphatic hydroxyl groups excluding tert-OH is 1. The molecule has 0 spiro atoms. The number of rotatable bonds is 3. The summed E-state index contributed by atoms with van der Waals surface area (Å²) in [5.41, 5.74) is 0. The molecule has 6 nitrogen and oxygen atoms in total. The summed E-state index contributed by atoms with van der Waals surface area (Å²) in [6.45, 7) is -0.713. The Morgan fingerprint density at radius 1 is 1.36 bits per heavy atom. The summed E-state index contributed by atoms with van der Waals surface area (Å²) in [7, 11) is -4.34. The van der Waals surface area contributed by atoms with Crippen LogP contribution in [0.4, 0.5) is 0 Å². The molecule has 0 radical (unpaired) electrons. The van der Waals surface area contributed by atoms with Crippen molar-refractivity contribution in [1.82, 2.24) is 0 Å². The molecular weight excluding hydrogens is 197 g/mol. The quantitative estimate of drug-likeness (QED) is 0.314. The van der Waals surface area contributed by atoms with Crippen LogP contribution >= 0.6 is 7.82 Å². The maximum atomic E-state index is 9.75. The monoisotopic (exact) mass is 208 g/mol. The largest absolute Gasteiger partial charge is 1.00 e. The summed E-state index contributed by atoms with van der Waals surface area (Å²) < 4.78 is 13.5. The predicted molar refractivity (Wildman–Crippen MR) is 30.9 cm³/mol. The van der Waals surface area contributed by atoms with Crippen molar-refractivity contribution in [3.63, 3.8) is 0 Å². The van der Waals surface area contributed by atoms with Gasteiger partial charge in [0.05, 0.1) is 13.2 Å². The molecular formula is C2H11Na2O6P. The molecule has 0 bridgehead atoms. The first-order chi connectivity index (χ1) is 3.56. The third-order valence-corrected chi connectivity index (χ3v) is 0.870. The number of phosphoric acid groups is 1. The van der Waals surface area contributed by atoms with Crippen LogP contribution in [0.1, 0.15) is 2.85 Å². The van der Waals surface area contributed by atoms with Gasteiger partial charge in [-0.3, -0.25) is 4.52 Å². The van der Waals surface area contributed by atoms with Gasteiger partial charge in [-0.2, -0.15) is 0 Å². The molecule has 9 heteroatoms. The van der Waals surface area contributed by atoms with Crippen LogP contribution in [0.5, 0.6) is 0 Å². The summed E-state index contributed by atoms with van der Waals surface area (Å²) in [5.74, 6) is 0. The van der Waals surface area contributed by atoms with E-state index in [-0.39, 0.29) is 80.7 Å². The summed E-state index contributed by atoms with van der Waals surface area (Å²) in [5, 5.41) is 7.96. The molecule has 0 atom stereocenters. The molecule has 11 heavy (non-hydrogen) atoms. The van der Waals surface area contributed by atoms with Gasteiger partial charge < -0.3 is 23.2 Å². The van der Waals surface area contributed by atoms with Gasteiger partial charge in [0, 0.05) is 0 Å². The second-order valence-corrected chi connectivity index (χ2v) is 2.29. The van der Waals surface area contributed by atoms with Crippen LogP contribution in [0.3, 0.4) is 0 Å². The number of phosphoric ester groups is 1. The first-order valence-corrected chi connectivity index (χ1v) is 3.40. The van der Waals surface area contributed by atoms with Crippen molar-refractivity contribution in [3.8, 4) is 0 Å². The zero-order chi connectivity index (χ0) is 6.62. The molecule has 0 aromatic heterocycles. The molecule has 0 heterocycles. The van der Waals surface area contributed by atoms with Gasteiger partial charge in [0.2, 0.25) is 0 Å². The molecule has 0 unspecified atom stereocenters. The summed E-state index contributed by atoms with van der Waals surface area (Å²) in [6, 6.07) is 0. The first kappa shape index (κ1) is 23.1. The summed E-state index contributed by atoms with van der Waals surface area (Å²) >= 11 is 0. The summed E-state index contributed by atoms with van der Waals surface area (Å²) in [4.78, 5) is 15.9. The molecule has 0 aliphatic carbocycles. The Bertz CT molecular complexity index is 111. The van der Waals surface area contributed by atoms with Gasteiger partial charge in [0.15, 0.2) is 0 Å². The molecule has 62 valence electrons. The van der Waals surface area contributed by atoms with E-state index in [0.717, 1.165) is 0 Å². The fourth-order valence-electron chi connectivity index (χ4n) is 0.160.